The lowest BCUT2D eigenvalue weighted by molar-refractivity contribution is 0.101. The summed E-state index contributed by atoms with van der Waals surface area (Å²) in [5.41, 5.74) is 2.31. The Hall–Kier alpha value is -1.74. The average Bonchev–Trinajstić information content (AvgIpc) is 3.11. The predicted octanol–water partition coefficient (Wildman–Crippen LogP) is 2.57. The molecular formula is C24H32N2O4S2. The number of rotatable bonds is 6. The fraction of sp³-hybridized carbons (Fsp3) is 0.500. The van der Waals surface area contributed by atoms with Crippen molar-refractivity contribution in [1.29, 1.82) is 0 Å². The van der Waals surface area contributed by atoms with Crippen LogP contribution in [-0.4, -0.2) is 75.6 Å². The van der Waals surface area contributed by atoms with Crippen molar-refractivity contribution in [3.05, 3.63) is 65.7 Å². The number of sulfone groups is 2. The first-order chi connectivity index (χ1) is 15.2. The predicted molar refractivity (Wildman–Crippen MR) is 127 cm³/mol. The summed E-state index contributed by atoms with van der Waals surface area (Å²) >= 11 is 0. The maximum absolute atomic E-state index is 13.5. The van der Waals surface area contributed by atoms with Gasteiger partial charge in [-0.2, -0.15) is 0 Å². The Bertz CT molecular complexity index is 1120. The topological polar surface area (TPSA) is 74.8 Å². The van der Waals surface area contributed by atoms with E-state index in [1.165, 1.54) is 5.56 Å². The Morgan fingerprint density at radius 2 is 1.53 bits per heavy atom. The highest BCUT2D eigenvalue weighted by molar-refractivity contribution is 7.96. The molecule has 0 bridgehead atoms. The number of nitrogens with zero attached hydrogens (tertiary/aromatic N) is 2. The van der Waals surface area contributed by atoms with Crippen LogP contribution in [0.3, 0.4) is 0 Å². The molecule has 2 aliphatic rings. The molecule has 0 N–H and O–H groups in total. The minimum atomic E-state index is -3.75. The van der Waals surface area contributed by atoms with Gasteiger partial charge in [-0.25, -0.2) is 16.8 Å². The van der Waals surface area contributed by atoms with Crippen LogP contribution >= 0.6 is 0 Å². The zero-order valence-electron chi connectivity index (χ0n) is 18.7. The fourth-order valence-corrected chi connectivity index (χ4v) is 9.58. The second kappa shape index (κ2) is 9.25. The van der Waals surface area contributed by atoms with Crippen LogP contribution in [0.5, 0.6) is 0 Å². The van der Waals surface area contributed by atoms with Crippen LogP contribution in [0.25, 0.3) is 0 Å². The van der Waals surface area contributed by atoms with E-state index in [2.05, 4.69) is 35.8 Å². The van der Waals surface area contributed by atoms with E-state index < -0.39 is 31.0 Å². The van der Waals surface area contributed by atoms with E-state index in [1.807, 2.05) is 30.3 Å². The second-order valence-corrected chi connectivity index (χ2v) is 13.6. The minimum absolute atomic E-state index is 0.0837. The van der Waals surface area contributed by atoms with Crippen molar-refractivity contribution in [2.45, 2.75) is 42.5 Å². The highest BCUT2D eigenvalue weighted by Gasteiger charge is 2.48. The number of benzene rings is 2. The lowest BCUT2D eigenvalue weighted by Crippen LogP contribution is -2.54. The first-order valence-corrected chi connectivity index (χ1v) is 14.6. The monoisotopic (exact) mass is 476 g/mol. The molecule has 2 atom stereocenters. The van der Waals surface area contributed by atoms with Crippen molar-refractivity contribution < 1.29 is 16.8 Å². The van der Waals surface area contributed by atoms with Gasteiger partial charge in [0.05, 0.1) is 21.7 Å². The molecule has 2 heterocycles. The van der Waals surface area contributed by atoms with Crippen molar-refractivity contribution in [2.24, 2.45) is 0 Å². The van der Waals surface area contributed by atoms with Gasteiger partial charge in [-0.3, -0.25) is 9.80 Å². The molecule has 0 aromatic heterocycles. The molecule has 0 spiro atoms. The Morgan fingerprint density at radius 3 is 2.12 bits per heavy atom. The molecule has 0 saturated carbocycles. The molecule has 0 aliphatic carbocycles. The molecule has 2 saturated heterocycles. The highest BCUT2D eigenvalue weighted by atomic mass is 32.2. The summed E-state index contributed by atoms with van der Waals surface area (Å²) in [6.07, 6.45) is 0. The van der Waals surface area contributed by atoms with Gasteiger partial charge < -0.3 is 0 Å². The number of hydrogen-bond donors (Lipinski definition) is 0. The van der Waals surface area contributed by atoms with Crippen LogP contribution in [-0.2, 0) is 26.2 Å². The van der Waals surface area contributed by atoms with Crippen molar-refractivity contribution in [1.82, 2.24) is 9.80 Å². The Balaban J connectivity index is 1.49. The van der Waals surface area contributed by atoms with Crippen LogP contribution in [0.4, 0.5) is 0 Å². The molecular weight excluding hydrogens is 444 g/mol. The number of hydrogen-bond acceptors (Lipinski definition) is 6. The summed E-state index contributed by atoms with van der Waals surface area (Å²) < 4.78 is 52.0. The molecule has 0 radical (unpaired) electrons. The van der Waals surface area contributed by atoms with E-state index in [0.717, 1.165) is 25.2 Å². The van der Waals surface area contributed by atoms with Gasteiger partial charge in [0.2, 0.25) is 0 Å². The van der Waals surface area contributed by atoms with Crippen LogP contribution < -0.4 is 0 Å². The smallest absolute Gasteiger partial charge is 0.183 e. The van der Waals surface area contributed by atoms with Crippen molar-refractivity contribution in [3.63, 3.8) is 0 Å². The Labute approximate surface area is 192 Å². The lowest BCUT2D eigenvalue weighted by atomic mass is 10.0. The third kappa shape index (κ3) is 5.09. The van der Waals surface area contributed by atoms with Crippen molar-refractivity contribution in [3.8, 4) is 0 Å². The summed E-state index contributed by atoms with van der Waals surface area (Å²) in [5.74, 6) is -0.0749. The van der Waals surface area contributed by atoms with Gasteiger partial charge in [-0.05, 0) is 29.2 Å². The molecule has 6 nitrogen and oxygen atoms in total. The normalized spacial score (nSPS) is 24.7. The maximum atomic E-state index is 13.5. The molecule has 2 aliphatic heterocycles. The fourth-order valence-electron chi connectivity index (χ4n) is 4.75. The van der Waals surface area contributed by atoms with Crippen LogP contribution in [0.15, 0.2) is 59.5 Å². The molecule has 0 unspecified atom stereocenters. The summed E-state index contributed by atoms with van der Waals surface area (Å²) in [4.78, 5) is 4.64. The van der Waals surface area contributed by atoms with E-state index in [9.17, 15) is 16.8 Å². The third-order valence-electron chi connectivity index (χ3n) is 6.67. The van der Waals surface area contributed by atoms with Gasteiger partial charge in [0.1, 0.15) is 0 Å². The largest absolute Gasteiger partial charge is 0.297 e. The maximum Gasteiger partial charge on any atom is 0.183 e. The molecule has 0 amide bonds. The summed E-state index contributed by atoms with van der Waals surface area (Å²) in [7, 11) is -7.15. The van der Waals surface area contributed by atoms with Crippen LogP contribution in [0.2, 0.25) is 0 Å². The Morgan fingerprint density at radius 1 is 0.906 bits per heavy atom. The lowest BCUT2D eigenvalue weighted by Gasteiger charge is -2.39. The zero-order chi connectivity index (χ0) is 22.9. The standard InChI is InChI=1S/C24H32N2O4S2/c1-19(2)21-8-10-22(11-9-21)32(29,30)24-18-31(27,28)17-23(24)26-14-12-25(13-15-26)16-20-6-4-3-5-7-20/h3-11,19,23-24H,12-18H2,1-2H3/t23-,24-/m0/s1. The SMILES string of the molecule is CC(C)c1ccc(S(=O)(=O)[C@H]2CS(=O)(=O)C[C@@H]2N2CCN(Cc3ccccc3)CC2)cc1. The van der Waals surface area contributed by atoms with Crippen LogP contribution in [0.1, 0.15) is 30.9 Å². The molecule has 2 fully saturated rings. The van der Waals surface area contributed by atoms with Gasteiger partial charge >= 0.3 is 0 Å². The molecule has 8 heteroatoms. The van der Waals surface area contributed by atoms with E-state index >= 15 is 0 Å². The molecule has 2 aromatic carbocycles. The van der Waals surface area contributed by atoms with E-state index in [4.69, 9.17) is 0 Å². The summed E-state index contributed by atoms with van der Waals surface area (Å²) in [5, 5.41) is -0.918. The zero-order valence-corrected chi connectivity index (χ0v) is 20.4. The molecule has 174 valence electrons. The molecule has 32 heavy (non-hydrogen) atoms. The minimum Gasteiger partial charge on any atom is -0.297 e. The molecule has 4 rings (SSSR count). The van der Waals surface area contributed by atoms with Gasteiger partial charge in [-0.15, -0.1) is 0 Å². The first kappa shape index (κ1) is 23.4. The highest BCUT2D eigenvalue weighted by Crippen LogP contribution is 2.30. The van der Waals surface area contributed by atoms with E-state index in [1.54, 1.807) is 12.1 Å². The quantitative estimate of drug-likeness (QED) is 0.638. The van der Waals surface area contributed by atoms with Crippen molar-refractivity contribution in [2.75, 3.05) is 37.7 Å². The Kier molecular flexibility index (Phi) is 6.77. The first-order valence-electron chi connectivity index (χ1n) is 11.2. The summed E-state index contributed by atoms with van der Waals surface area (Å²) in [6.45, 7) is 7.89. The van der Waals surface area contributed by atoms with E-state index in [0.29, 0.717) is 19.0 Å². The number of piperazine rings is 1. The van der Waals surface area contributed by atoms with Gasteiger partial charge in [0.25, 0.3) is 0 Å². The van der Waals surface area contributed by atoms with Crippen molar-refractivity contribution >= 4 is 19.7 Å². The van der Waals surface area contributed by atoms with Crippen LogP contribution in [0, 0.1) is 0 Å². The summed E-state index contributed by atoms with van der Waals surface area (Å²) in [6, 6.07) is 16.7. The van der Waals surface area contributed by atoms with Gasteiger partial charge in [0.15, 0.2) is 19.7 Å². The molecule has 2 aromatic rings. The average molecular weight is 477 g/mol. The third-order valence-corrected chi connectivity index (χ3v) is 10.8. The van der Waals surface area contributed by atoms with E-state index in [-0.39, 0.29) is 16.4 Å². The van der Waals surface area contributed by atoms with Gasteiger partial charge in [-0.1, -0.05) is 56.3 Å². The van der Waals surface area contributed by atoms with Gasteiger partial charge in [0, 0.05) is 38.8 Å². The second-order valence-electron chi connectivity index (χ2n) is 9.25.